The van der Waals surface area contributed by atoms with Crippen molar-refractivity contribution < 1.29 is 4.42 Å². The first-order chi connectivity index (χ1) is 8.79. The van der Waals surface area contributed by atoms with Crippen LogP contribution in [0.5, 0.6) is 0 Å². The number of nitrogens with zero attached hydrogens (tertiary/aromatic N) is 2. The maximum atomic E-state index is 5.35. The summed E-state index contributed by atoms with van der Waals surface area (Å²) in [4.78, 5) is 6.14. The minimum absolute atomic E-state index is 0.640. The fourth-order valence-electron chi connectivity index (χ4n) is 1.66. The van der Waals surface area contributed by atoms with Crippen LogP contribution in [-0.4, -0.2) is 22.0 Å². The summed E-state index contributed by atoms with van der Waals surface area (Å²) in [6, 6.07) is 7.76. The van der Waals surface area contributed by atoms with Crippen LogP contribution in [0.1, 0.15) is 11.3 Å². The molecule has 0 radical (unpaired) electrons. The fraction of sp³-hybridized carbons (Fsp3) is 0.231. The van der Waals surface area contributed by atoms with E-state index in [1.807, 2.05) is 42.4 Å². The predicted molar refractivity (Wildman–Crippen MR) is 73.8 cm³/mol. The second-order valence-corrected chi connectivity index (χ2v) is 4.24. The van der Waals surface area contributed by atoms with Gasteiger partial charge in [-0.15, -0.1) is 0 Å². The standard InChI is InChI=1S/C13H15N3OS/c1-14-13(18)16(10-12-5-3-7-17-12)9-11-4-2-6-15-8-11/h2-8H,9-10H2,1H3,(H,14,18). The Morgan fingerprint density at radius 2 is 2.28 bits per heavy atom. The molecule has 0 fully saturated rings. The molecule has 2 aromatic rings. The topological polar surface area (TPSA) is 41.3 Å². The Kier molecular flexibility index (Phi) is 4.30. The molecule has 0 unspecified atom stereocenters. The Morgan fingerprint density at radius 3 is 2.89 bits per heavy atom. The highest BCUT2D eigenvalue weighted by Gasteiger charge is 2.11. The van der Waals surface area contributed by atoms with Gasteiger partial charge in [-0.05, 0) is 36.0 Å². The Bertz CT molecular complexity index is 484. The molecule has 0 bridgehead atoms. The number of nitrogens with one attached hydrogen (secondary N) is 1. The van der Waals surface area contributed by atoms with Crippen molar-refractivity contribution >= 4 is 17.3 Å². The first kappa shape index (κ1) is 12.6. The molecular formula is C13H15N3OS. The van der Waals surface area contributed by atoms with Crippen LogP contribution in [0, 0.1) is 0 Å². The zero-order chi connectivity index (χ0) is 12.8. The molecule has 1 N–H and O–H groups in total. The number of thiocarbonyl (C=S) groups is 1. The average molecular weight is 261 g/mol. The van der Waals surface area contributed by atoms with Gasteiger partial charge in [-0.1, -0.05) is 6.07 Å². The van der Waals surface area contributed by atoms with E-state index in [1.54, 1.807) is 12.5 Å². The summed E-state index contributed by atoms with van der Waals surface area (Å²) < 4.78 is 5.35. The monoisotopic (exact) mass is 261 g/mol. The molecular weight excluding hydrogens is 246 g/mol. The largest absolute Gasteiger partial charge is 0.467 e. The fourth-order valence-corrected chi connectivity index (χ4v) is 1.79. The van der Waals surface area contributed by atoms with Gasteiger partial charge < -0.3 is 14.6 Å². The van der Waals surface area contributed by atoms with Crippen molar-refractivity contribution in [2.75, 3.05) is 7.05 Å². The second-order valence-electron chi connectivity index (χ2n) is 3.85. The molecule has 0 aliphatic heterocycles. The Balaban J connectivity index is 2.08. The van der Waals surface area contributed by atoms with Crippen molar-refractivity contribution in [3.05, 3.63) is 54.2 Å². The highest BCUT2D eigenvalue weighted by Crippen LogP contribution is 2.10. The number of hydrogen-bond acceptors (Lipinski definition) is 3. The number of rotatable bonds is 4. The number of pyridine rings is 1. The van der Waals surface area contributed by atoms with E-state index in [0.29, 0.717) is 18.2 Å². The lowest BCUT2D eigenvalue weighted by Crippen LogP contribution is -2.36. The molecule has 2 aromatic heterocycles. The van der Waals surface area contributed by atoms with Crippen LogP contribution in [0.25, 0.3) is 0 Å². The molecule has 4 nitrogen and oxygen atoms in total. The lowest BCUT2D eigenvalue weighted by Gasteiger charge is -2.23. The molecule has 94 valence electrons. The van der Waals surface area contributed by atoms with Crippen LogP contribution in [0.2, 0.25) is 0 Å². The van der Waals surface area contributed by atoms with E-state index >= 15 is 0 Å². The molecule has 0 aromatic carbocycles. The quantitative estimate of drug-likeness (QED) is 0.854. The van der Waals surface area contributed by atoms with Crippen molar-refractivity contribution in [2.45, 2.75) is 13.1 Å². The highest BCUT2D eigenvalue weighted by molar-refractivity contribution is 7.80. The van der Waals surface area contributed by atoms with E-state index in [4.69, 9.17) is 16.6 Å². The lowest BCUT2D eigenvalue weighted by atomic mass is 10.2. The summed E-state index contributed by atoms with van der Waals surface area (Å²) in [5.74, 6) is 0.886. The summed E-state index contributed by atoms with van der Waals surface area (Å²) in [5.41, 5.74) is 1.11. The summed E-state index contributed by atoms with van der Waals surface area (Å²) in [7, 11) is 1.82. The van der Waals surface area contributed by atoms with Crippen LogP contribution < -0.4 is 5.32 Å². The Labute approximate surface area is 112 Å². The first-order valence-electron chi connectivity index (χ1n) is 5.67. The van der Waals surface area contributed by atoms with Gasteiger partial charge in [0.1, 0.15) is 5.76 Å². The van der Waals surface area contributed by atoms with Gasteiger partial charge in [-0.25, -0.2) is 0 Å². The summed E-state index contributed by atoms with van der Waals surface area (Å²) in [6.07, 6.45) is 5.27. The molecule has 2 heterocycles. The van der Waals surface area contributed by atoms with Crippen molar-refractivity contribution in [3.8, 4) is 0 Å². The van der Waals surface area contributed by atoms with Gasteiger partial charge in [-0.3, -0.25) is 4.98 Å². The summed E-state index contributed by atoms with van der Waals surface area (Å²) in [5, 5.41) is 3.68. The third-order valence-electron chi connectivity index (χ3n) is 2.52. The summed E-state index contributed by atoms with van der Waals surface area (Å²) >= 11 is 5.30. The molecule has 0 aliphatic carbocycles. The highest BCUT2D eigenvalue weighted by atomic mass is 32.1. The van der Waals surface area contributed by atoms with Gasteiger partial charge in [0, 0.05) is 26.0 Å². The van der Waals surface area contributed by atoms with Crippen molar-refractivity contribution in [1.82, 2.24) is 15.2 Å². The van der Waals surface area contributed by atoms with E-state index in [2.05, 4.69) is 10.3 Å². The number of hydrogen-bond donors (Lipinski definition) is 1. The SMILES string of the molecule is CNC(=S)N(Cc1cccnc1)Cc1ccco1. The van der Waals surface area contributed by atoms with Crippen molar-refractivity contribution in [3.63, 3.8) is 0 Å². The van der Waals surface area contributed by atoms with Gasteiger partial charge in [0.15, 0.2) is 5.11 Å². The minimum atomic E-state index is 0.640. The minimum Gasteiger partial charge on any atom is -0.467 e. The van der Waals surface area contributed by atoms with E-state index < -0.39 is 0 Å². The van der Waals surface area contributed by atoms with E-state index in [-0.39, 0.29) is 0 Å². The maximum Gasteiger partial charge on any atom is 0.169 e. The van der Waals surface area contributed by atoms with Gasteiger partial charge in [0.2, 0.25) is 0 Å². The predicted octanol–water partition coefficient (Wildman–Crippen LogP) is 2.18. The lowest BCUT2D eigenvalue weighted by molar-refractivity contribution is 0.353. The van der Waals surface area contributed by atoms with Crippen LogP contribution in [0.15, 0.2) is 47.3 Å². The smallest absolute Gasteiger partial charge is 0.169 e. The van der Waals surface area contributed by atoms with Crippen LogP contribution >= 0.6 is 12.2 Å². The molecule has 0 saturated carbocycles. The maximum absolute atomic E-state index is 5.35. The van der Waals surface area contributed by atoms with Crippen molar-refractivity contribution in [1.29, 1.82) is 0 Å². The number of furan rings is 1. The molecule has 2 rings (SSSR count). The molecule has 0 amide bonds. The molecule has 18 heavy (non-hydrogen) atoms. The zero-order valence-corrected chi connectivity index (χ0v) is 11.0. The van der Waals surface area contributed by atoms with E-state index in [9.17, 15) is 0 Å². The molecule has 0 atom stereocenters. The average Bonchev–Trinajstić information content (AvgIpc) is 2.91. The third kappa shape index (κ3) is 3.30. The molecule has 0 spiro atoms. The van der Waals surface area contributed by atoms with E-state index in [0.717, 1.165) is 11.3 Å². The van der Waals surface area contributed by atoms with Crippen molar-refractivity contribution in [2.24, 2.45) is 0 Å². The van der Waals surface area contributed by atoms with Gasteiger partial charge in [0.05, 0.1) is 12.8 Å². The van der Waals surface area contributed by atoms with E-state index in [1.165, 1.54) is 0 Å². The van der Waals surface area contributed by atoms with Gasteiger partial charge in [0.25, 0.3) is 0 Å². The molecule has 5 heteroatoms. The van der Waals surface area contributed by atoms with Crippen LogP contribution in [-0.2, 0) is 13.1 Å². The zero-order valence-electron chi connectivity index (χ0n) is 10.2. The molecule has 0 aliphatic rings. The first-order valence-corrected chi connectivity index (χ1v) is 6.08. The summed E-state index contributed by atoms with van der Waals surface area (Å²) in [6.45, 7) is 1.34. The van der Waals surface area contributed by atoms with Gasteiger partial charge in [-0.2, -0.15) is 0 Å². The number of aromatic nitrogens is 1. The normalized spacial score (nSPS) is 10.1. The second kappa shape index (κ2) is 6.16. The molecule has 0 saturated heterocycles. The Hall–Kier alpha value is -1.88. The van der Waals surface area contributed by atoms with Gasteiger partial charge >= 0.3 is 0 Å². The third-order valence-corrected chi connectivity index (χ3v) is 2.99. The van der Waals surface area contributed by atoms with Crippen LogP contribution in [0.4, 0.5) is 0 Å². The Morgan fingerprint density at radius 1 is 1.39 bits per heavy atom. The van der Waals surface area contributed by atoms with Crippen LogP contribution in [0.3, 0.4) is 0 Å².